The van der Waals surface area contributed by atoms with Gasteiger partial charge in [0.25, 0.3) is 5.91 Å². The minimum absolute atomic E-state index is 0.0925. The van der Waals surface area contributed by atoms with Gasteiger partial charge < -0.3 is 4.90 Å². The highest BCUT2D eigenvalue weighted by molar-refractivity contribution is 7.88. The lowest BCUT2D eigenvalue weighted by atomic mass is 10.0. The van der Waals surface area contributed by atoms with Crippen LogP contribution in [0.5, 0.6) is 0 Å². The SMILES string of the molecule is Cc1ccc(-c2cc(C(=O)N3CCN(S(C)(=O)=O)CC3)c3ccccc3n2)cc1. The number of aryl methyl sites for hydroxylation is 1. The van der Waals surface area contributed by atoms with E-state index >= 15 is 0 Å². The molecule has 0 bridgehead atoms. The third-order valence-electron chi connectivity index (χ3n) is 5.29. The Balaban J connectivity index is 1.71. The van der Waals surface area contributed by atoms with Crippen LogP contribution in [0.2, 0.25) is 0 Å². The van der Waals surface area contributed by atoms with Crippen molar-refractivity contribution in [3.8, 4) is 11.3 Å². The van der Waals surface area contributed by atoms with Crippen molar-refractivity contribution in [3.63, 3.8) is 0 Å². The molecule has 4 rings (SSSR count). The maximum Gasteiger partial charge on any atom is 0.254 e. The largest absolute Gasteiger partial charge is 0.336 e. The number of amides is 1. The zero-order valence-electron chi connectivity index (χ0n) is 16.5. The van der Waals surface area contributed by atoms with Gasteiger partial charge in [-0.1, -0.05) is 48.0 Å². The lowest BCUT2D eigenvalue weighted by molar-refractivity contribution is 0.0700. The van der Waals surface area contributed by atoms with Crippen LogP contribution >= 0.6 is 0 Å². The van der Waals surface area contributed by atoms with Gasteiger partial charge in [0.2, 0.25) is 10.0 Å². The first-order valence-electron chi connectivity index (χ1n) is 9.54. The molecule has 0 atom stereocenters. The third kappa shape index (κ3) is 4.02. The number of nitrogens with zero attached hydrogens (tertiary/aromatic N) is 3. The Morgan fingerprint density at radius 2 is 1.62 bits per heavy atom. The topological polar surface area (TPSA) is 70.6 Å². The highest BCUT2D eigenvalue weighted by Crippen LogP contribution is 2.26. The standard InChI is InChI=1S/C22H23N3O3S/c1-16-7-9-17(10-8-16)21-15-19(18-5-3-4-6-20(18)23-21)22(26)24-11-13-25(14-12-24)29(2,27)28/h3-10,15H,11-14H2,1-2H3. The van der Waals surface area contributed by atoms with Crippen molar-refractivity contribution in [2.24, 2.45) is 0 Å². The number of carbonyl (C=O) groups excluding carboxylic acids is 1. The summed E-state index contributed by atoms with van der Waals surface area (Å²) in [5.74, 6) is -0.0925. The molecule has 29 heavy (non-hydrogen) atoms. The first-order valence-corrected chi connectivity index (χ1v) is 11.4. The number of carbonyl (C=O) groups is 1. The Bertz CT molecular complexity index is 1170. The lowest BCUT2D eigenvalue weighted by Gasteiger charge is -2.33. The van der Waals surface area contributed by atoms with E-state index in [2.05, 4.69) is 0 Å². The minimum atomic E-state index is -3.24. The Labute approximate surface area is 170 Å². The zero-order valence-corrected chi connectivity index (χ0v) is 17.3. The molecular weight excluding hydrogens is 386 g/mol. The first-order chi connectivity index (χ1) is 13.8. The van der Waals surface area contributed by atoms with Crippen LogP contribution in [-0.4, -0.2) is 60.9 Å². The number of aromatic nitrogens is 1. The lowest BCUT2D eigenvalue weighted by Crippen LogP contribution is -2.50. The monoisotopic (exact) mass is 409 g/mol. The van der Waals surface area contributed by atoms with E-state index in [-0.39, 0.29) is 5.91 Å². The number of hydrogen-bond acceptors (Lipinski definition) is 4. The van der Waals surface area contributed by atoms with Gasteiger partial charge in [-0.15, -0.1) is 0 Å². The Morgan fingerprint density at radius 1 is 0.966 bits per heavy atom. The number of piperazine rings is 1. The molecule has 0 unspecified atom stereocenters. The van der Waals surface area contributed by atoms with E-state index in [1.54, 1.807) is 4.90 Å². The van der Waals surface area contributed by atoms with Crippen molar-refractivity contribution in [2.45, 2.75) is 6.92 Å². The molecule has 1 saturated heterocycles. The molecule has 0 saturated carbocycles. The second-order valence-corrected chi connectivity index (χ2v) is 9.37. The Hall–Kier alpha value is -2.77. The smallest absolute Gasteiger partial charge is 0.254 e. The molecule has 3 aromatic rings. The van der Waals surface area contributed by atoms with Crippen LogP contribution in [-0.2, 0) is 10.0 Å². The van der Waals surface area contributed by atoms with Gasteiger partial charge in [0.15, 0.2) is 0 Å². The van der Waals surface area contributed by atoms with E-state index in [1.165, 1.54) is 10.6 Å². The van der Waals surface area contributed by atoms with Crippen LogP contribution < -0.4 is 0 Å². The van der Waals surface area contributed by atoms with Gasteiger partial charge in [0.1, 0.15) is 0 Å². The molecule has 150 valence electrons. The molecule has 1 aliphatic rings. The molecule has 1 amide bonds. The normalized spacial score (nSPS) is 15.6. The molecule has 1 fully saturated rings. The summed E-state index contributed by atoms with van der Waals surface area (Å²) in [5, 5.41) is 0.805. The molecule has 0 spiro atoms. The average Bonchev–Trinajstić information content (AvgIpc) is 2.72. The number of pyridine rings is 1. The molecule has 1 aliphatic heterocycles. The first kappa shape index (κ1) is 19.5. The van der Waals surface area contributed by atoms with Gasteiger partial charge in [0.05, 0.1) is 23.0 Å². The number of sulfonamides is 1. The van der Waals surface area contributed by atoms with Crippen LogP contribution in [0.3, 0.4) is 0 Å². The zero-order chi connectivity index (χ0) is 20.6. The summed E-state index contributed by atoms with van der Waals surface area (Å²) in [5.41, 5.74) is 4.23. The predicted octanol–water partition coefficient (Wildman–Crippen LogP) is 2.93. The predicted molar refractivity (Wildman–Crippen MR) is 114 cm³/mol. The fraction of sp³-hybridized carbons (Fsp3) is 0.273. The van der Waals surface area contributed by atoms with E-state index in [1.807, 2.05) is 61.5 Å². The van der Waals surface area contributed by atoms with E-state index < -0.39 is 10.0 Å². The number of fused-ring (bicyclic) bond motifs is 1. The van der Waals surface area contributed by atoms with Crippen LogP contribution in [0.1, 0.15) is 15.9 Å². The fourth-order valence-corrected chi connectivity index (χ4v) is 4.44. The molecule has 2 aromatic carbocycles. The summed E-state index contributed by atoms with van der Waals surface area (Å²) in [6, 6.07) is 17.5. The molecular formula is C22H23N3O3S. The molecule has 6 nitrogen and oxygen atoms in total. The van der Waals surface area contributed by atoms with Crippen molar-refractivity contribution in [3.05, 3.63) is 65.7 Å². The second-order valence-electron chi connectivity index (χ2n) is 7.39. The second kappa shape index (κ2) is 7.57. The van der Waals surface area contributed by atoms with Crippen molar-refractivity contribution in [2.75, 3.05) is 32.4 Å². The summed E-state index contributed by atoms with van der Waals surface area (Å²) < 4.78 is 24.9. The van der Waals surface area contributed by atoms with Crippen LogP contribution in [0.25, 0.3) is 22.2 Å². The van der Waals surface area contributed by atoms with Gasteiger partial charge in [0, 0.05) is 37.1 Å². The number of benzene rings is 2. The van der Waals surface area contributed by atoms with Crippen molar-refractivity contribution < 1.29 is 13.2 Å². The van der Waals surface area contributed by atoms with E-state index in [0.717, 1.165) is 27.7 Å². The third-order valence-corrected chi connectivity index (χ3v) is 6.59. The fourth-order valence-electron chi connectivity index (χ4n) is 3.62. The maximum atomic E-state index is 13.3. The number of hydrogen-bond donors (Lipinski definition) is 0. The van der Waals surface area contributed by atoms with Gasteiger partial charge in [-0.2, -0.15) is 4.31 Å². The molecule has 0 N–H and O–H groups in total. The van der Waals surface area contributed by atoms with Gasteiger partial charge in [-0.3, -0.25) is 4.79 Å². The van der Waals surface area contributed by atoms with Gasteiger partial charge in [-0.05, 0) is 19.1 Å². The summed E-state index contributed by atoms with van der Waals surface area (Å²) in [4.78, 5) is 19.8. The van der Waals surface area contributed by atoms with E-state index in [0.29, 0.717) is 31.7 Å². The molecule has 7 heteroatoms. The average molecular weight is 410 g/mol. The highest BCUT2D eigenvalue weighted by Gasteiger charge is 2.27. The van der Waals surface area contributed by atoms with Crippen molar-refractivity contribution in [1.82, 2.24) is 14.2 Å². The summed E-state index contributed by atoms with van der Waals surface area (Å²) in [6.45, 7) is 3.42. The number of para-hydroxylation sites is 1. The Morgan fingerprint density at radius 3 is 2.28 bits per heavy atom. The van der Waals surface area contributed by atoms with Crippen LogP contribution in [0.15, 0.2) is 54.6 Å². The quantitative estimate of drug-likeness (QED) is 0.667. The van der Waals surface area contributed by atoms with Crippen molar-refractivity contribution >= 4 is 26.8 Å². The molecule has 2 heterocycles. The van der Waals surface area contributed by atoms with E-state index in [4.69, 9.17) is 4.98 Å². The number of rotatable bonds is 3. The van der Waals surface area contributed by atoms with Crippen LogP contribution in [0.4, 0.5) is 0 Å². The highest BCUT2D eigenvalue weighted by atomic mass is 32.2. The van der Waals surface area contributed by atoms with Gasteiger partial charge >= 0.3 is 0 Å². The maximum absolute atomic E-state index is 13.3. The van der Waals surface area contributed by atoms with E-state index in [9.17, 15) is 13.2 Å². The summed E-state index contributed by atoms with van der Waals surface area (Å²) in [6.07, 6.45) is 1.20. The van der Waals surface area contributed by atoms with Crippen molar-refractivity contribution in [1.29, 1.82) is 0 Å². The molecule has 0 radical (unpaired) electrons. The molecule has 1 aromatic heterocycles. The Kier molecular flexibility index (Phi) is 5.10. The molecule has 0 aliphatic carbocycles. The summed E-state index contributed by atoms with van der Waals surface area (Å²) in [7, 11) is -3.24. The summed E-state index contributed by atoms with van der Waals surface area (Å²) >= 11 is 0. The van der Waals surface area contributed by atoms with Gasteiger partial charge in [-0.25, -0.2) is 13.4 Å². The van der Waals surface area contributed by atoms with Crippen LogP contribution in [0, 0.1) is 6.92 Å². The minimum Gasteiger partial charge on any atom is -0.336 e.